The number of aryl methyl sites for hydroxylation is 2. The summed E-state index contributed by atoms with van der Waals surface area (Å²) in [6.07, 6.45) is 2.80. The predicted octanol–water partition coefficient (Wildman–Crippen LogP) is 2.48. The number of nitrogens with one attached hydrogen (secondary N) is 1. The van der Waals surface area contributed by atoms with Gasteiger partial charge in [0.15, 0.2) is 0 Å². The van der Waals surface area contributed by atoms with E-state index >= 15 is 0 Å². The molecule has 0 aromatic carbocycles. The van der Waals surface area contributed by atoms with Gasteiger partial charge in [0.1, 0.15) is 5.76 Å². The van der Waals surface area contributed by atoms with Gasteiger partial charge in [-0.3, -0.25) is 4.68 Å². The average Bonchev–Trinajstić information content (AvgIpc) is 2.90. The van der Waals surface area contributed by atoms with E-state index in [-0.39, 0.29) is 0 Å². The molecule has 0 bridgehead atoms. The van der Waals surface area contributed by atoms with E-state index < -0.39 is 0 Å². The zero-order valence-corrected chi connectivity index (χ0v) is 10.4. The molecule has 0 fully saturated rings. The van der Waals surface area contributed by atoms with Crippen molar-refractivity contribution in [2.24, 2.45) is 0 Å². The van der Waals surface area contributed by atoms with E-state index in [2.05, 4.69) is 28.1 Å². The van der Waals surface area contributed by atoms with Crippen LogP contribution >= 0.6 is 0 Å². The third kappa shape index (κ3) is 3.20. The van der Waals surface area contributed by atoms with Crippen LogP contribution in [0.3, 0.4) is 0 Å². The quantitative estimate of drug-likeness (QED) is 0.833. The molecule has 0 aliphatic heterocycles. The maximum Gasteiger partial charge on any atom is 0.117 e. The van der Waals surface area contributed by atoms with E-state index in [4.69, 9.17) is 4.42 Å². The van der Waals surface area contributed by atoms with Crippen LogP contribution in [-0.4, -0.2) is 9.78 Å². The summed E-state index contributed by atoms with van der Waals surface area (Å²) in [5.74, 6) is 0.961. The molecule has 0 radical (unpaired) electrons. The van der Waals surface area contributed by atoms with Crippen molar-refractivity contribution in [1.82, 2.24) is 15.1 Å². The lowest BCUT2D eigenvalue weighted by molar-refractivity contribution is 0.474. The second-order valence-corrected chi connectivity index (χ2v) is 4.18. The maximum atomic E-state index is 5.27. The lowest BCUT2D eigenvalue weighted by Gasteiger charge is -2.06. The zero-order valence-electron chi connectivity index (χ0n) is 10.4. The highest BCUT2D eigenvalue weighted by Crippen LogP contribution is 2.05. The Morgan fingerprint density at radius 2 is 2.29 bits per heavy atom. The fourth-order valence-corrected chi connectivity index (χ4v) is 1.87. The molecule has 2 heterocycles. The van der Waals surface area contributed by atoms with Gasteiger partial charge < -0.3 is 9.73 Å². The van der Waals surface area contributed by atoms with Crippen molar-refractivity contribution in [3.63, 3.8) is 0 Å². The Morgan fingerprint density at radius 3 is 3.00 bits per heavy atom. The lowest BCUT2D eigenvalue weighted by atomic mass is 10.3. The maximum absolute atomic E-state index is 5.27. The van der Waals surface area contributed by atoms with Crippen molar-refractivity contribution >= 4 is 0 Å². The molecular weight excluding hydrogens is 214 g/mol. The zero-order chi connectivity index (χ0) is 12.1. The standard InChI is InChI=1S/C13H19N3O/c1-3-6-16-12(8-11(2)15-16)9-14-10-13-5-4-7-17-13/h4-5,7-8,14H,3,6,9-10H2,1-2H3. The SMILES string of the molecule is CCCn1nc(C)cc1CNCc1ccco1. The molecule has 4 nitrogen and oxygen atoms in total. The van der Waals surface area contributed by atoms with E-state index in [9.17, 15) is 0 Å². The molecular formula is C13H19N3O. The molecule has 92 valence electrons. The van der Waals surface area contributed by atoms with Gasteiger partial charge in [-0.05, 0) is 31.5 Å². The van der Waals surface area contributed by atoms with Gasteiger partial charge in [0.25, 0.3) is 0 Å². The van der Waals surface area contributed by atoms with E-state index in [1.165, 1.54) is 5.69 Å². The Labute approximate surface area is 102 Å². The first kappa shape index (κ1) is 11.9. The van der Waals surface area contributed by atoms with Gasteiger partial charge in [-0.15, -0.1) is 0 Å². The second kappa shape index (κ2) is 5.68. The molecule has 0 unspecified atom stereocenters. The Kier molecular flexibility index (Phi) is 3.98. The van der Waals surface area contributed by atoms with Gasteiger partial charge in [0.05, 0.1) is 24.2 Å². The number of hydrogen-bond acceptors (Lipinski definition) is 3. The molecule has 2 aromatic heterocycles. The minimum Gasteiger partial charge on any atom is -0.468 e. The number of hydrogen-bond donors (Lipinski definition) is 1. The number of furan rings is 1. The fourth-order valence-electron chi connectivity index (χ4n) is 1.87. The third-order valence-electron chi connectivity index (χ3n) is 2.61. The highest BCUT2D eigenvalue weighted by molar-refractivity contribution is 5.09. The van der Waals surface area contributed by atoms with Crippen LogP contribution in [0.1, 0.15) is 30.5 Å². The van der Waals surface area contributed by atoms with Crippen LogP contribution < -0.4 is 5.32 Å². The number of nitrogens with zero attached hydrogens (tertiary/aromatic N) is 2. The molecule has 0 spiro atoms. The van der Waals surface area contributed by atoms with Gasteiger partial charge in [-0.2, -0.15) is 5.10 Å². The molecule has 0 aliphatic rings. The molecule has 1 N–H and O–H groups in total. The predicted molar refractivity (Wildman–Crippen MR) is 66.5 cm³/mol. The van der Waals surface area contributed by atoms with Crippen LogP contribution in [0.2, 0.25) is 0 Å². The topological polar surface area (TPSA) is 43.0 Å². The smallest absolute Gasteiger partial charge is 0.117 e. The minimum absolute atomic E-state index is 0.753. The van der Waals surface area contributed by atoms with Crippen molar-refractivity contribution in [2.45, 2.75) is 39.9 Å². The molecule has 0 saturated heterocycles. The first-order valence-electron chi connectivity index (χ1n) is 6.06. The van der Waals surface area contributed by atoms with Crippen LogP contribution in [0.25, 0.3) is 0 Å². The summed E-state index contributed by atoms with van der Waals surface area (Å²) in [5.41, 5.74) is 2.31. The normalized spacial score (nSPS) is 10.9. The summed E-state index contributed by atoms with van der Waals surface area (Å²) in [6.45, 7) is 6.75. The Hall–Kier alpha value is -1.55. The molecule has 0 aliphatic carbocycles. The second-order valence-electron chi connectivity index (χ2n) is 4.18. The van der Waals surface area contributed by atoms with E-state index in [1.54, 1.807) is 6.26 Å². The van der Waals surface area contributed by atoms with Crippen molar-refractivity contribution in [2.75, 3.05) is 0 Å². The molecule has 17 heavy (non-hydrogen) atoms. The van der Waals surface area contributed by atoms with Crippen molar-refractivity contribution < 1.29 is 4.42 Å². The monoisotopic (exact) mass is 233 g/mol. The van der Waals surface area contributed by atoms with Crippen LogP contribution in [0.4, 0.5) is 0 Å². The summed E-state index contributed by atoms with van der Waals surface area (Å²) in [6, 6.07) is 6.01. The highest BCUT2D eigenvalue weighted by Gasteiger charge is 2.04. The summed E-state index contributed by atoms with van der Waals surface area (Å²) in [4.78, 5) is 0. The number of aromatic nitrogens is 2. The van der Waals surface area contributed by atoms with Crippen molar-refractivity contribution in [3.8, 4) is 0 Å². The summed E-state index contributed by atoms with van der Waals surface area (Å²) >= 11 is 0. The fraction of sp³-hybridized carbons (Fsp3) is 0.462. The molecule has 0 saturated carbocycles. The first-order chi connectivity index (χ1) is 8.29. The minimum atomic E-state index is 0.753. The van der Waals surface area contributed by atoms with Gasteiger partial charge >= 0.3 is 0 Å². The van der Waals surface area contributed by atoms with Crippen LogP contribution in [0.15, 0.2) is 28.9 Å². The van der Waals surface area contributed by atoms with Crippen LogP contribution in [0, 0.1) is 6.92 Å². The van der Waals surface area contributed by atoms with E-state index in [1.807, 2.05) is 19.1 Å². The molecule has 2 rings (SSSR count). The van der Waals surface area contributed by atoms with Gasteiger partial charge in [-0.25, -0.2) is 0 Å². The lowest BCUT2D eigenvalue weighted by Crippen LogP contribution is -2.16. The van der Waals surface area contributed by atoms with Gasteiger partial charge in [0.2, 0.25) is 0 Å². The van der Waals surface area contributed by atoms with Gasteiger partial charge in [0, 0.05) is 13.1 Å². The molecule has 2 aromatic rings. The molecule has 0 amide bonds. The Balaban J connectivity index is 1.89. The Morgan fingerprint density at radius 1 is 1.41 bits per heavy atom. The van der Waals surface area contributed by atoms with Crippen LogP contribution in [-0.2, 0) is 19.6 Å². The third-order valence-corrected chi connectivity index (χ3v) is 2.61. The average molecular weight is 233 g/mol. The van der Waals surface area contributed by atoms with E-state index in [0.29, 0.717) is 0 Å². The Bertz CT molecular complexity index is 445. The summed E-state index contributed by atoms with van der Waals surface area (Å²) in [7, 11) is 0. The van der Waals surface area contributed by atoms with Gasteiger partial charge in [-0.1, -0.05) is 6.92 Å². The van der Waals surface area contributed by atoms with Crippen LogP contribution in [0.5, 0.6) is 0 Å². The van der Waals surface area contributed by atoms with Crippen molar-refractivity contribution in [1.29, 1.82) is 0 Å². The summed E-state index contributed by atoms with van der Waals surface area (Å²) < 4.78 is 7.34. The van der Waals surface area contributed by atoms with Crippen molar-refractivity contribution in [3.05, 3.63) is 41.6 Å². The number of rotatable bonds is 6. The molecule has 0 atom stereocenters. The largest absolute Gasteiger partial charge is 0.468 e. The van der Waals surface area contributed by atoms with E-state index in [0.717, 1.165) is 37.5 Å². The summed E-state index contributed by atoms with van der Waals surface area (Å²) in [5, 5.41) is 7.83. The first-order valence-corrected chi connectivity index (χ1v) is 6.06. The molecule has 4 heteroatoms. The highest BCUT2D eigenvalue weighted by atomic mass is 16.3.